The molecule has 0 saturated heterocycles. The van der Waals surface area contributed by atoms with Crippen LogP contribution in [0, 0.1) is 5.92 Å². The highest BCUT2D eigenvalue weighted by Gasteiger charge is 2.15. The Morgan fingerprint density at radius 3 is 2.75 bits per heavy atom. The van der Waals surface area contributed by atoms with Crippen LogP contribution in [0.15, 0.2) is 36.9 Å². The Hall–Kier alpha value is -2.35. The zero-order chi connectivity index (χ0) is 17.5. The quantitative estimate of drug-likeness (QED) is 0.754. The number of carbonyl (C=O) groups is 1. The number of amides is 2. The topological polar surface area (TPSA) is 68.6 Å². The molecule has 2 aromatic rings. The van der Waals surface area contributed by atoms with Crippen molar-refractivity contribution in [3.63, 3.8) is 0 Å². The van der Waals surface area contributed by atoms with Crippen molar-refractivity contribution in [1.82, 2.24) is 13.9 Å². The van der Waals surface area contributed by atoms with Crippen LogP contribution in [0.1, 0.15) is 6.92 Å². The average Bonchev–Trinajstić information content (AvgIpc) is 3.07. The van der Waals surface area contributed by atoms with Gasteiger partial charge in [0.25, 0.3) is 0 Å². The van der Waals surface area contributed by atoms with Crippen molar-refractivity contribution in [2.24, 2.45) is 5.92 Å². The fraction of sp³-hybridized carbons (Fsp3) is 0.375. The number of aromatic nitrogens is 2. The predicted molar refractivity (Wildman–Crippen MR) is 95.6 cm³/mol. The van der Waals surface area contributed by atoms with Gasteiger partial charge in [-0.15, -0.1) is 0 Å². The summed E-state index contributed by atoms with van der Waals surface area (Å²) in [5.74, 6) is 1.38. The van der Waals surface area contributed by atoms with Crippen LogP contribution in [0.25, 0.3) is 0 Å². The number of thiol groups is 1. The number of carbonyl (C=O) groups excluding carboxylic acids is 1. The standard InChI is InChI=1S/C16H22N4O3S/c1-12(9-19-7-6-17-11-19)10-20(24)16(21)18-13-4-5-14(22-2)15(8-13)23-3/h4-8,11-12,24H,9-10H2,1-3H3,(H,18,21)/t12-/m1/s1. The van der Waals surface area contributed by atoms with E-state index in [-0.39, 0.29) is 11.9 Å². The molecule has 8 heteroatoms. The molecule has 0 bridgehead atoms. The number of nitrogens with one attached hydrogen (secondary N) is 1. The van der Waals surface area contributed by atoms with Crippen LogP contribution in [-0.4, -0.2) is 40.7 Å². The number of benzene rings is 1. The summed E-state index contributed by atoms with van der Waals surface area (Å²) in [5.41, 5.74) is 0.610. The lowest BCUT2D eigenvalue weighted by Gasteiger charge is -2.21. The summed E-state index contributed by atoms with van der Waals surface area (Å²) < 4.78 is 13.7. The lowest BCUT2D eigenvalue weighted by molar-refractivity contribution is 0.233. The zero-order valence-electron chi connectivity index (χ0n) is 14.0. The molecular weight excluding hydrogens is 328 g/mol. The number of imidazole rings is 1. The molecular formula is C16H22N4O3S. The molecule has 0 fully saturated rings. The van der Waals surface area contributed by atoms with E-state index in [1.807, 2.05) is 17.7 Å². The Balaban J connectivity index is 1.91. The largest absolute Gasteiger partial charge is 0.493 e. The highest BCUT2D eigenvalue weighted by atomic mass is 32.1. The number of methoxy groups -OCH3 is 2. The van der Waals surface area contributed by atoms with Gasteiger partial charge < -0.3 is 19.4 Å². The van der Waals surface area contributed by atoms with Crippen LogP contribution in [0.3, 0.4) is 0 Å². The van der Waals surface area contributed by atoms with Gasteiger partial charge in [-0.3, -0.25) is 4.31 Å². The first-order valence-corrected chi connectivity index (χ1v) is 7.88. The van der Waals surface area contributed by atoms with E-state index in [9.17, 15) is 4.79 Å². The molecule has 24 heavy (non-hydrogen) atoms. The van der Waals surface area contributed by atoms with Crippen LogP contribution in [0.2, 0.25) is 0 Å². The summed E-state index contributed by atoms with van der Waals surface area (Å²) in [5, 5.41) is 2.79. The third kappa shape index (κ3) is 4.82. The number of ether oxygens (including phenoxy) is 2. The fourth-order valence-corrected chi connectivity index (χ4v) is 2.62. The van der Waals surface area contributed by atoms with Crippen molar-refractivity contribution < 1.29 is 14.3 Å². The second-order valence-corrected chi connectivity index (χ2v) is 5.93. The molecule has 0 aliphatic rings. The van der Waals surface area contributed by atoms with Gasteiger partial charge in [0, 0.05) is 37.2 Å². The maximum Gasteiger partial charge on any atom is 0.331 e. The van der Waals surface area contributed by atoms with Gasteiger partial charge in [0.05, 0.1) is 20.5 Å². The van der Waals surface area contributed by atoms with Gasteiger partial charge in [-0.1, -0.05) is 19.7 Å². The average molecular weight is 350 g/mol. The molecule has 1 N–H and O–H groups in total. The molecule has 0 spiro atoms. The van der Waals surface area contributed by atoms with Crippen LogP contribution < -0.4 is 14.8 Å². The Labute approximate surface area is 147 Å². The predicted octanol–water partition coefficient (Wildman–Crippen LogP) is 2.92. The molecule has 1 aromatic carbocycles. The smallest absolute Gasteiger partial charge is 0.331 e. The number of rotatable bonds is 7. The number of hydrogen-bond acceptors (Lipinski definition) is 5. The minimum Gasteiger partial charge on any atom is -0.493 e. The number of nitrogens with zero attached hydrogens (tertiary/aromatic N) is 3. The normalized spacial score (nSPS) is 11.7. The summed E-state index contributed by atoms with van der Waals surface area (Å²) in [6, 6.07) is 4.88. The molecule has 2 amide bonds. The third-order valence-corrected chi connectivity index (χ3v) is 3.78. The minimum atomic E-state index is -0.303. The Bertz CT molecular complexity index is 663. The van der Waals surface area contributed by atoms with E-state index in [2.05, 4.69) is 23.1 Å². The summed E-state index contributed by atoms with van der Waals surface area (Å²) in [4.78, 5) is 16.3. The molecule has 0 aliphatic carbocycles. The van der Waals surface area contributed by atoms with E-state index in [4.69, 9.17) is 9.47 Å². The summed E-state index contributed by atoms with van der Waals surface area (Å²) in [6.45, 7) is 3.31. The van der Waals surface area contributed by atoms with Crippen molar-refractivity contribution in [2.75, 3.05) is 26.1 Å². The molecule has 0 saturated carbocycles. The third-order valence-electron chi connectivity index (χ3n) is 3.44. The van der Waals surface area contributed by atoms with Gasteiger partial charge in [-0.25, -0.2) is 9.78 Å². The van der Waals surface area contributed by atoms with E-state index in [0.717, 1.165) is 6.54 Å². The van der Waals surface area contributed by atoms with Gasteiger partial charge in [-0.05, 0) is 18.1 Å². The molecule has 130 valence electrons. The number of anilines is 1. The van der Waals surface area contributed by atoms with E-state index in [1.165, 1.54) is 4.31 Å². The second-order valence-electron chi connectivity index (χ2n) is 5.45. The molecule has 0 radical (unpaired) electrons. The van der Waals surface area contributed by atoms with E-state index in [1.54, 1.807) is 44.9 Å². The first kappa shape index (κ1) is 18.0. The van der Waals surface area contributed by atoms with Crippen molar-refractivity contribution in [3.8, 4) is 11.5 Å². The highest BCUT2D eigenvalue weighted by Crippen LogP contribution is 2.29. The summed E-state index contributed by atoms with van der Waals surface area (Å²) in [6.07, 6.45) is 5.38. The molecule has 1 heterocycles. The van der Waals surface area contributed by atoms with Crippen molar-refractivity contribution in [3.05, 3.63) is 36.9 Å². The molecule has 1 aromatic heterocycles. The van der Waals surface area contributed by atoms with Crippen LogP contribution in [0.5, 0.6) is 11.5 Å². The first-order valence-electron chi connectivity index (χ1n) is 7.48. The van der Waals surface area contributed by atoms with Gasteiger partial charge in [0.15, 0.2) is 11.5 Å². The Morgan fingerprint density at radius 2 is 2.12 bits per heavy atom. The second kappa shape index (κ2) is 8.49. The van der Waals surface area contributed by atoms with Crippen molar-refractivity contribution >= 4 is 24.5 Å². The van der Waals surface area contributed by atoms with Crippen LogP contribution in [0.4, 0.5) is 10.5 Å². The maximum atomic E-state index is 12.3. The maximum absolute atomic E-state index is 12.3. The van der Waals surface area contributed by atoms with Crippen molar-refractivity contribution in [2.45, 2.75) is 13.5 Å². The monoisotopic (exact) mass is 350 g/mol. The van der Waals surface area contributed by atoms with Gasteiger partial charge in [0.1, 0.15) is 0 Å². The summed E-state index contributed by atoms with van der Waals surface area (Å²) in [7, 11) is 3.11. The SMILES string of the molecule is COc1ccc(NC(=O)N(S)C[C@H](C)Cn2ccnc2)cc1OC. The molecule has 1 atom stereocenters. The van der Waals surface area contributed by atoms with E-state index < -0.39 is 0 Å². The van der Waals surface area contributed by atoms with Crippen molar-refractivity contribution in [1.29, 1.82) is 0 Å². The van der Waals surface area contributed by atoms with Gasteiger partial charge in [0.2, 0.25) is 0 Å². The lowest BCUT2D eigenvalue weighted by Crippen LogP contribution is -2.31. The number of urea groups is 1. The number of hydrogen-bond donors (Lipinski definition) is 2. The van der Waals surface area contributed by atoms with E-state index in [0.29, 0.717) is 23.7 Å². The van der Waals surface area contributed by atoms with Crippen LogP contribution >= 0.6 is 12.8 Å². The fourth-order valence-electron chi connectivity index (χ4n) is 2.29. The summed E-state index contributed by atoms with van der Waals surface area (Å²) >= 11 is 4.27. The molecule has 7 nitrogen and oxygen atoms in total. The van der Waals surface area contributed by atoms with Crippen LogP contribution in [-0.2, 0) is 6.54 Å². The Kier molecular flexibility index (Phi) is 6.36. The van der Waals surface area contributed by atoms with E-state index >= 15 is 0 Å². The minimum absolute atomic E-state index is 0.229. The highest BCUT2D eigenvalue weighted by molar-refractivity contribution is 7.78. The lowest BCUT2D eigenvalue weighted by atomic mass is 10.2. The zero-order valence-corrected chi connectivity index (χ0v) is 14.9. The van der Waals surface area contributed by atoms with Gasteiger partial charge in [-0.2, -0.15) is 0 Å². The molecule has 0 unspecified atom stereocenters. The first-order chi connectivity index (χ1) is 11.5. The van der Waals surface area contributed by atoms with Gasteiger partial charge >= 0.3 is 6.03 Å². The Morgan fingerprint density at radius 1 is 1.38 bits per heavy atom. The molecule has 0 aliphatic heterocycles. The molecule has 2 rings (SSSR count).